The first-order chi connectivity index (χ1) is 22.4. The second kappa shape index (κ2) is 16.5. The minimum absolute atomic E-state index is 0.0340. The number of fused-ring (bicyclic) bond motifs is 1. The van der Waals surface area contributed by atoms with Crippen molar-refractivity contribution in [2.24, 2.45) is 0 Å². The highest BCUT2D eigenvalue weighted by molar-refractivity contribution is 5.92. The van der Waals surface area contributed by atoms with E-state index in [0.717, 1.165) is 60.0 Å². The average molecular weight is 699 g/mol. The molecule has 0 radical (unpaired) electrons. The van der Waals surface area contributed by atoms with E-state index in [-0.39, 0.29) is 24.5 Å². The lowest BCUT2D eigenvalue weighted by Crippen LogP contribution is -2.60. The summed E-state index contributed by atoms with van der Waals surface area (Å²) in [6, 6.07) is 12.2. The lowest BCUT2D eigenvalue weighted by atomic mass is 9.98. The Morgan fingerprint density at radius 2 is 1.19 bits per heavy atom. The second-order valence-electron chi connectivity index (χ2n) is 12.2. The molecule has 0 amide bonds. The third-order valence-corrected chi connectivity index (χ3v) is 8.60. The van der Waals surface area contributed by atoms with Crippen molar-refractivity contribution >= 4 is 10.9 Å². The Bertz CT molecular complexity index is 1440. The molecule has 2 aromatic carbocycles. The quantitative estimate of drug-likeness (QED) is 0.0812. The van der Waals surface area contributed by atoms with Crippen molar-refractivity contribution < 1.29 is 54.8 Å². The van der Waals surface area contributed by atoms with Gasteiger partial charge in [-0.15, -0.1) is 0 Å². The van der Waals surface area contributed by atoms with E-state index in [4.69, 9.17) is 0 Å². The largest absolute Gasteiger partial charge is 0.508 e. The molecular weight excluding hydrogens is 655 g/mol. The van der Waals surface area contributed by atoms with Gasteiger partial charge >= 0.3 is 23.9 Å². The Morgan fingerprint density at radius 1 is 0.646 bits per heavy atom. The smallest absolute Gasteiger partial charge is 0.460 e. The molecule has 0 fully saturated rings. The fourth-order valence-corrected chi connectivity index (χ4v) is 5.92. The van der Waals surface area contributed by atoms with Gasteiger partial charge in [0.2, 0.25) is 0 Å². The number of hydrogen-bond acceptors (Lipinski definition) is 4. The molecule has 3 aromatic rings. The van der Waals surface area contributed by atoms with Gasteiger partial charge in [-0.3, -0.25) is 0 Å². The van der Waals surface area contributed by atoms with Crippen LogP contribution in [-0.2, 0) is 6.54 Å². The number of aliphatic hydroxyl groups is 1. The number of aromatic nitrogens is 1. The van der Waals surface area contributed by atoms with Crippen LogP contribution in [0, 0.1) is 6.92 Å². The first-order valence-electron chi connectivity index (χ1n) is 16.1. The van der Waals surface area contributed by atoms with E-state index < -0.39 is 36.8 Å². The summed E-state index contributed by atoms with van der Waals surface area (Å²) in [5, 5.41) is 30.0. The van der Waals surface area contributed by atoms with Gasteiger partial charge in [0, 0.05) is 37.0 Å². The van der Waals surface area contributed by atoms with Crippen molar-refractivity contribution in [3.63, 3.8) is 0 Å². The summed E-state index contributed by atoms with van der Waals surface area (Å²) >= 11 is 0. The maximum atomic E-state index is 13.7. The van der Waals surface area contributed by atoms with Gasteiger partial charge in [0.1, 0.15) is 11.5 Å². The molecule has 270 valence electrons. The molecule has 0 spiro atoms. The van der Waals surface area contributed by atoms with Crippen molar-refractivity contribution in [1.82, 2.24) is 9.47 Å². The Labute approximate surface area is 274 Å². The van der Waals surface area contributed by atoms with Crippen LogP contribution >= 0.6 is 0 Å². The summed E-state index contributed by atoms with van der Waals surface area (Å²) < 4.78 is 120. The van der Waals surface area contributed by atoms with Gasteiger partial charge in [0.25, 0.3) is 0 Å². The lowest BCUT2D eigenvalue weighted by Gasteiger charge is -2.33. The summed E-state index contributed by atoms with van der Waals surface area (Å²) in [6.07, 6.45) is -4.51. The molecule has 1 heterocycles. The molecule has 3 N–H and O–H groups in total. The minimum atomic E-state index is -6.85. The molecule has 5 nitrogen and oxygen atoms in total. The lowest BCUT2D eigenvalue weighted by molar-refractivity contribution is -0.396. The molecule has 0 saturated carbocycles. The van der Waals surface area contributed by atoms with E-state index in [2.05, 4.69) is 9.47 Å². The van der Waals surface area contributed by atoms with Crippen LogP contribution in [0.25, 0.3) is 22.2 Å². The zero-order valence-electron chi connectivity index (χ0n) is 26.8. The first kappa shape index (κ1) is 39.3. The Hall–Kier alpha value is -3.13. The van der Waals surface area contributed by atoms with Crippen LogP contribution in [0.4, 0.5) is 39.5 Å². The SMILES string of the molecule is Cc1c(-c2ccc(O)cc2)n(CCCCCCN(CCCO)CCCCCCC(F)(F)C(F)(F)C(F)(F)C(F)(F)F)c2ccc(O)cc12. The molecule has 0 bridgehead atoms. The zero-order chi connectivity index (χ0) is 35.8. The molecule has 0 unspecified atom stereocenters. The number of alkyl halides is 9. The highest BCUT2D eigenvalue weighted by atomic mass is 19.4. The maximum Gasteiger partial charge on any atom is 0.460 e. The van der Waals surface area contributed by atoms with Gasteiger partial charge in [-0.25, -0.2) is 0 Å². The van der Waals surface area contributed by atoms with Crippen molar-refractivity contribution in [3.05, 3.63) is 48.0 Å². The molecule has 0 aliphatic carbocycles. The van der Waals surface area contributed by atoms with Gasteiger partial charge in [-0.05, 0) is 106 Å². The van der Waals surface area contributed by atoms with E-state index in [1.165, 1.54) is 0 Å². The number of aliphatic hydroxyl groups excluding tert-OH is 1. The predicted octanol–water partition coefficient (Wildman–Crippen LogP) is 9.69. The van der Waals surface area contributed by atoms with Gasteiger partial charge in [-0.2, -0.15) is 39.5 Å². The number of aromatic hydroxyl groups is 2. The van der Waals surface area contributed by atoms with E-state index >= 15 is 0 Å². The number of benzene rings is 2. The van der Waals surface area contributed by atoms with E-state index in [0.29, 0.717) is 38.9 Å². The summed E-state index contributed by atoms with van der Waals surface area (Å²) in [7, 11) is 0. The first-order valence-corrected chi connectivity index (χ1v) is 16.1. The second-order valence-corrected chi connectivity index (χ2v) is 12.2. The number of unbranched alkanes of at least 4 members (excludes halogenated alkanes) is 6. The number of nitrogens with zero attached hydrogens (tertiary/aromatic N) is 2. The van der Waals surface area contributed by atoms with E-state index in [1.54, 1.807) is 24.3 Å². The molecular formula is C34H43F9N2O3. The summed E-state index contributed by atoms with van der Waals surface area (Å²) in [4.78, 5) is 2.08. The predicted molar refractivity (Wildman–Crippen MR) is 166 cm³/mol. The number of phenolic OH excluding ortho intramolecular Hbond substituents is 2. The van der Waals surface area contributed by atoms with Crippen LogP contribution < -0.4 is 0 Å². The summed E-state index contributed by atoms with van der Waals surface area (Å²) in [6.45, 7) is 4.47. The minimum Gasteiger partial charge on any atom is -0.508 e. The number of aryl methyl sites for hydroxylation is 2. The molecule has 0 aliphatic rings. The molecule has 48 heavy (non-hydrogen) atoms. The van der Waals surface area contributed by atoms with Crippen molar-refractivity contribution in [2.45, 2.75) is 102 Å². The normalized spacial score (nSPS) is 13.2. The van der Waals surface area contributed by atoms with Crippen molar-refractivity contribution in [1.29, 1.82) is 0 Å². The fourth-order valence-electron chi connectivity index (χ4n) is 5.92. The Kier molecular flexibility index (Phi) is 13.5. The van der Waals surface area contributed by atoms with Crippen molar-refractivity contribution in [2.75, 3.05) is 26.2 Å². The van der Waals surface area contributed by atoms with Gasteiger partial charge in [0.15, 0.2) is 0 Å². The van der Waals surface area contributed by atoms with Gasteiger partial charge < -0.3 is 24.8 Å². The van der Waals surface area contributed by atoms with E-state index in [9.17, 15) is 54.8 Å². The topological polar surface area (TPSA) is 68.9 Å². The van der Waals surface area contributed by atoms with Gasteiger partial charge in [-0.1, -0.05) is 25.7 Å². The molecule has 14 heteroatoms. The van der Waals surface area contributed by atoms with Crippen LogP contribution in [-0.4, -0.2) is 75.0 Å². The standard InChI is InChI=1S/C34H43F9N2O3/c1-24-28-23-27(48)15-16-29(28)45(30(24)25-11-13-26(47)14-12-25)21-9-5-4-8-19-44(20-10-22-46)18-7-3-2-6-17-31(35,36)32(37,38)33(39,40)34(41,42)43/h11-16,23,46-48H,2-10,17-22H2,1H3. The number of hydrogen-bond donors (Lipinski definition) is 3. The molecule has 3 rings (SSSR count). The van der Waals surface area contributed by atoms with Crippen LogP contribution in [0.3, 0.4) is 0 Å². The van der Waals surface area contributed by atoms with E-state index in [1.807, 2.05) is 25.1 Å². The number of phenols is 2. The number of halogens is 9. The average Bonchev–Trinajstić information content (AvgIpc) is 3.28. The molecule has 0 atom stereocenters. The summed E-state index contributed by atoms with van der Waals surface area (Å²) in [5.74, 6) is -18.6. The zero-order valence-corrected chi connectivity index (χ0v) is 26.8. The fraction of sp³-hybridized carbons (Fsp3) is 0.588. The van der Waals surface area contributed by atoms with Crippen LogP contribution in [0.15, 0.2) is 42.5 Å². The van der Waals surface area contributed by atoms with Crippen LogP contribution in [0.2, 0.25) is 0 Å². The monoisotopic (exact) mass is 698 g/mol. The molecule has 0 aliphatic heterocycles. The van der Waals surface area contributed by atoms with Crippen LogP contribution in [0.1, 0.15) is 69.8 Å². The van der Waals surface area contributed by atoms with Crippen LogP contribution in [0.5, 0.6) is 11.5 Å². The third-order valence-electron chi connectivity index (χ3n) is 8.60. The number of rotatable bonds is 20. The van der Waals surface area contributed by atoms with Crippen molar-refractivity contribution in [3.8, 4) is 22.8 Å². The highest BCUT2D eigenvalue weighted by Gasteiger charge is 2.81. The summed E-state index contributed by atoms with van der Waals surface area (Å²) in [5.41, 5.74) is 3.94. The maximum absolute atomic E-state index is 13.7. The third kappa shape index (κ3) is 9.31. The molecule has 0 saturated heterocycles. The van der Waals surface area contributed by atoms with Gasteiger partial charge in [0.05, 0.1) is 5.69 Å². The molecule has 1 aromatic heterocycles. The Balaban J connectivity index is 1.45. The highest BCUT2D eigenvalue weighted by Crippen LogP contribution is 2.54. The Morgan fingerprint density at radius 3 is 1.77 bits per heavy atom.